The molecule has 0 amide bonds. The summed E-state index contributed by atoms with van der Waals surface area (Å²) in [7, 11) is 0. The van der Waals surface area contributed by atoms with Crippen LogP contribution in [0.1, 0.15) is 16.7 Å². The molecule has 0 radical (unpaired) electrons. The van der Waals surface area contributed by atoms with Crippen LogP contribution in [0.3, 0.4) is 0 Å². The summed E-state index contributed by atoms with van der Waals surface area (Å²) in [5, 5.41) is 16.2. The van der Waals surface area contributed by atoms with E-state index in [-0.39, 0.29) is 0 Å². The molecule has 1 aromatic carbocycles. The van der Waals surface area contributed by atoms with Crippen molar-refractivity contribution in [2.75, 3.05) is 36.4 Å². The number of benzene rings is 1. The first-order valence-corrected chi connectivity index (χ1v) is 7.93. The van der Waals surface area contributed by atoms with E-state index in [2.05, 4.69) is 33.7 Å². The lowest BCUT2D eigenvalue weighted by molar-refractivity contribution is 0.584. The van der Waals surface area contributed by atoms with Gasteiger partial charge in [0.2, 0.25) is 0 Å². The van der Waals surface area contributed by atoms with Crippen LogP contribution in [0.2, 0.25) is 0 Å². The summed E-state index contributed by atoms with van der Waals surface area (Å²) < 4.78 is 0. The molecule has 118 valence electrons. The molecule has 0 atom stereocenters. The number of nitriles is 1. The quantitative estimate of drug-likeness (QED) is 0.907. The Morgan fingerprint density at radius 2 is 2.00 bits per heavy atom. The number of hydrogen-bond acceptors (Lipinski definition) is 5. The van der Waals surface area contributed by atoms with Crippen LogP contribution in [0, 0.1) is 18.3 Å². The molecular formula is C18H21N5. The second kappa shape index (κ2) is 7.12. The number of aryl methyl sites for hydroxylation is 1. The smallest absolute Gasteiger partial charge is 0.149 e. The Morgan fingerprint density at radius 3 is 2.70 bits per heavy atom. The maximum atomic E-state index is 9.48. The van der Waals surface area contributed by atoms with Crippen molar-refractivity contribution in [1.29, 1.82) is 5.26 Å². The largest absolute Gasteiger partial charge is 0.366 e. The third-order valence-corrected chi connectivity index (χ3v) is 4.04. The molecule has 1 aromatic heterocycles. The number of piperazine rings is 1. The predicted octanol–water partition coefficient (Wildman–Crippen LogP) is 2.28. The highest BCUT2D eigenvalue weighted by molar-refractivity contribution is 5.62. The third-order valence-electron chi connectivity index (χ3n) is 4.04. The Hall–Kier alpha value is -2.58. The Balaban J connectivity index is 1.83. The zero-order valence-corrected chi connectivity index (χ0v) is 13.3. The van der Waals surface area contributed by atoms with Gasteiger partial charge in [-0.15, -0.1) is 0 Å². The predicted molar refractivity (Wildman–Crippen MR) is 92.5 cm³/mol. The van der Waals surface area contributed by atoms with Gasteiger partial charge in [-0.3, -0.25) is 0 Å². The minimum absolute atomic E-state index is 0.678. The number of anilines is 2. The van der Waals surface area contributed by atoms with Gasteiger partial charge in [-0.2, -0.15) is 5.26 Å². The van der Waals surface area contributed by atoms with Gasteiger partial charge in [-0.05, 0) is 24.1 Å². The Bertz CT molecular complexity index is 699. The Morgan fingerprint density at radius 1 is 1.26 bits per heavy atom. The van der Waals surface area contributed by atoms with Crippen molar-refractivity contribution in [1.82, 2.24) is 10.3 Å². The van der Waals surface area contributed by atoms with Crippen LogP contribution < -0.4 is 15.5 Å². The molecular weight excluding hydrogens is 286 g/mol. The van der Waals surface area contributed by atoms with Gasteiger partial charge in [0.25, 0.3) is 0 Å². The molecule has 5 nitrogen and oxygen atoms in total. The first-order valence-electron chi connectivity index (χ1n) is 7.93. The molecule has 2 heterocycles. The van der Waals surface area contributed by atoms with Gasteiger partial charge in [0.15, 0.2) is 0 Å². The zero-order chi connectivity index (χ0) is 16.1. The summed E-state index contributed by atoms with van der Waals surface area (Å²) in [5.74, 6) is 1.61. The van der Waals surface area contributed by atoms with E-state index in [9.17, 15) is 5.26 Å². The van der Waals surface area contributed by atoms with E-state index in [1.165, 1.54) is 5.56 Å². The monoisotopic (exact) mass is 307 g/mol. The van der Waals surface area contributed by atoms with Crippen LogP contribution in [0.15, 0.2) is 36.4 Å². The molecule has 1 fully saturated rings. The van der Waals surface area contributed by atoms with Gasteiger partial charge >= 0.3 is 0 Å². The summed E-state index contributed by atoms with van der Waals surface area (Å²) in [5.41, 5.74) is 2.85. The molecule has 2 aromatic rings. The van der Waals surface area contributed by atoms with E-state index in [1.807, 2.05) is 31.2 Å². The molecule has 1 aliphatic rings. The van der Waals surface area contributed by atoms with Crippen LogP contribution in [-0.4, -0.2) is 31.2 Å². The number of hydrogen-bond donors (Lipinski definition) is 2. The van der Waals surface area contributed by atoms with Gasteiger partial charge in [-0.1, -0.05) is 30.3 Å². The average Bonchev–Trinajstić information content (AvgIpc) is 2.61. The second-order valence-corrected chi connectivity index (χ2v) is 5.71. The molecule has 23 heavy (non-hydrogen) atoms. The SMILES string of the molecule is Cc1cc(NCc2ccccc2)nc(N2CCNCC2)c1C#N. The molecule has 0 aliphatic carbocycles. The lowest BCUT2D eigenvalue weighted by atomic mass is 10.1. The minimum Gasteiger partial charge on any atom is -0.366 e. The van der Waals surface area contributed by atoms with Gasteiger partial charge in [-0.25, -0.2) is 4.98 Å². The van der Waals surface area contributed by atoms with Gasteiger partial charge in [0.1, 0.15) is 17.7 Å². The normalized spacial score (nSPS) is 14.3. The number of nitrogens with zero attached hydrogens (tertiary/aromatic N) is 3. The molecule has 1 aliphatic heterocycles. The highest BCUT2D eigenvalue weighted by Gasteiger charge is 2.18. The number of nitrogens with one attached hydrogen (secondary N) is 2. The van der Waals surface area contributed by atoms with Crippen molar-refractivity contribution in [3.05, 3.63) is 53.1 Å². The Kier molecular flexibility index (Phi) is 4.74. The van der Waals surface area contributed by atoms with E-state index in [4.69, 9.17) is 4.98 Å². The van der Waals surface area contributed by atoms with Crippen LogP contribution >= 0.6 is 0 Å². The first-order chi connectivity index (χ1) is 11.3. The highest BCUT2D eigenvalue weighted by atomic mass is 15.2. The van der Waals surface area contributed by atoms with Crippen molar-refractivity contribution in [3.63, 3.8) is 0 Å². The molecule has 0 spiro atoms. The summed E-state index contributed by atoms with van der Waals surface area (Å²) in [6, 6.07) is 14.5. The van der Waals surface area contributed by atoms with Crippen LogP contribution in [0.4, 0.5) is 11.6 Å². The maximum Gasteiger partial charge on any atom is 0.149 e. The van der Waals surface area contributed by atoms with E-state index < -0.39 is 0 Å². The van der Waals surface area contributed by atoms with Gasteiger partial charge in [0.05, 0.1) is 5.56 Å². The maximum absolute atomic E-state index is 9.48. The van der Waals surface area contributed by atoms with E-state index >= 15 is 0 Å². The number of pyridine rings is 1. The lowest BCUT2D eigenvalue weighted by Crippen LogP contribution is -2.44. The number of rotatable bonds is 4. The number of aromatic nitrogens is 1. The molecule has 0 bridgehead atoms. The van der Waals surface area contributed by atoms with Crippen molar-refractivity contribution in [3.8, 4) is 6.07 Å². The second-order valence-electron chi connectivity index (χ2n) is 5.71. The molecule has 2 N–H and O–H groups in total. The van der Waals surface area contributed by atoms with Gasteiger partial charge < -0.3 is 15.5 Å². The van der Waals surface area contributed by atoms with Crippen LogP contribution in [-0.2, 0) is 6.54 Å². The van der Waals surface area contributed by atoms with Crippen LogP contribution in [0.25, 0.3) is 0 Å². The van der Waals surface area contributed by atoms with E-state index in [1.54, 1.807) is 0 Å². The molecule has 1 saturated heterocycles. The van der Waals surface area contributed by atoms with E-state index in [0.717, 1.165) is 49.9 Å². The lowest BCUT2D eigenvalue weighted by Gasteiger charge is -2.29. The zero-order valence-electron chi connectivity index (χ0n) is 13.3. The molecule has 0 unspecified atom stereocenters. The Labute approximate surface area is 137 Å². The minimum atomic E-state index is 0.678. The van der Waals surface area contributed by atoms with Crippen molar-refractivity contribution in [2.45, 2.75) is 13.5 Å². The fraction of sp³-hybridized carbons (Fsp3) is 0.333. The first kappa shape index (κ1) is 15.3. The van der Waals surface area contributed by atoms with Crippen LogP contribution in [0.5, 0.6) is 0 Å². The summed E-state index contributed by atoms with van der Waals surface area (Å²) >= 11 is 0. The van der Waals surface area contributed by atoms with E-state index in [0.29, 0.717) is 5.56 Å². The highest BCUT2D eigenvalue weighted by Crippen LogP contribution is 2.24. The summed E-state index contributed by atoms with van der Waals surface area (Å²) in [6.45, 7) is 6.30. The molecule has 3 rings (SSSR count). The molecule has 5 heteroatoms. The fourth-order valence-electron chi connectivity index (χ4n) is 2.78. The fourth-order valence-corrected chi connectivity index (χ4v) is 2.78. The third kappa shape index (κ3) is 3.61. The van der Waals surface area contributed by atoms with Crippen molar-refractivity contribution < 1.29 is 0 Å². The average molecular weight is 307 g/mol. The molecule has 0 saturated carbocycles. The summed E-state index contributed by atoms with van der Waals surface area (Å²) in [6.07, 6.45) is 0. The van der Waals surface area contributed by atoms with Crippen molar-refractivity contribution >= 4 is 11.6 Å². The summed E-state index contributed by atoms with van der Waals surface area (Å²) in [4.78, 5) is 6.90. The van der Waals surface area contributed by atoms with Crippen molar-refractivity contribution in [2.24, 2.45) is 0 Å². The standard InChI is InChI=1S/C18H21N5/c1-14-11-17(21-13-15-5-3-2-4-6-15)22-18(16(14)12-19)23-9-7-20-8-10-23/h2-6,11,20H,7-10,13H2,1H3,(H,21,22). The van der Waals surface area contributed by atoms with Gasteiger partial charge in [0, 0.05) is 32.7 Å². The topological polar surface area (TPSA) is 64.0 Å².